The molecule has 4 heteroatoms. The fourth-order valence-electron chi connectivity index (χ4n) is 3.30. The molecule has 0 saturated heterocycles. The molecule has 0 fully saturated rings. The highest BCUT2D eigenvalue weighted by atomic mass is 32.2. The van der Waals surface area contributed by atoms with E-state index in [4.69, 9.17) is 0 Å². The van der Waals surface area contributed by atoms with Gasteiger partial charge in [-0.15, -0.1) is 0 Å². The first-order chi connectivity index (χ1) is 12.8. The SMILES string of the molecule is Cc1ccc(S(=O)(=O)N(Cc2cccc(C)c2)c2c(C)cccc2C)cc1. The van der Waals surface area contributed by atoms with Gasteiger partial charge in [-0.2, -0.15) is 0 Å². The van der Waals surface area contributed by atoms with Crippen LogP contribution in [0.3, 0.4) is 0 Å². The molecule has 3 aromatic carbocycles. The van der Waals surface area contributed by atoms with Crippen LogP contribution in [0.1, 0.15) is 27.8 Å². The number of nitrogens with zero attached hydrogens (tertiary/aromatic N) is 1. The highest BCUT2D eigenvalue weighted by Gasteiger charge is 2.27. The second-order valence-electron chi connectivity index (χ2n) is 7.05. The molecule has 0 spiro atoms. The number of hydrogen-bond acceptors (Lipinski definition) is 2. The van der Waals surface area contributed by atoms with E-state index in [0.717, 1.165) is 33.5 Å². The van der Waals surface area contributed by atoms with Crippen molar-refractivity contribution in [3.05, 3.63) is 94.5 Å². The highest BCUT2D eigenvalue weighted by molar-refractivity contribution is 7.92. The topological polar surface area (TPSA) is 37.4 Å². The van der Waals surface area contributed by atoms with Gasteiger partial charge in [0.1, 0.15) is 0 Å². The van der Waals surface area contributed by atoms with Crippen molar-refractivity contribution in [2.75, 3.05) is 4.31 Å². The molecule has 0 aliphatic carbocycles. The molecule has 0 unspecified atom stereocenters. The molecule has 27 heavy (non-hydrogen) atoms. The van der Waals surface area contributed by atoms with Crippen LogP contribution < -0.4 is 4.31 Å². The Bertz CT molecular complexity index is 1030. The van der Waals surface area contributed by atoms with Crippen LogP contribution in [0.5, 0.6) is 0 Å². The van der Waals surface area contributed by atoms with Crippen LogP contribution >= 0.6 is 0 Å². The quantitative estimate of drug-likeness (QED) is 0.602. The Balaban J connectivity index is 2.16. The van der Waals surface area contributed by atoms with Crippen molar-refractivity contribution in [1.82, 2.24) is 0 Å². The summed E-state index contributed by atoms with van der Waals surface area (Å²) in [5.74, 6) is 0. The van der Waals surface area contributed by atoms with E-state index >= 15 is 0 Å². The van der Waals surface area contributed by atoms with Crippen molar-refractivity contribution >= 4 is 15.7 Å². The van der Waals surface area contributed by atoms with Crippen molar-refractivity contribution in [1.29, 1.82) is 0 Å². The molecule has 0 heterocycles. The van der Waals surface area contributed by atoms with Crippen LogP contribution in [0.4, 0.5) is 5.69 Å². The lowest BCUT2D eigenvalue weighted by Crippen LogP contribution is -2.31. The van der Waals surface area contributed by atoms with Gasteiger partial charge < -0.3 is 0 Å². The third-order valence-electron chi connectivity index (χ3n) is 4.71. The first-order valence-corrected chi connectivity index (χ1v) is 10.4. The monoisotopic (exact) mass is 379 g/mol. The van der Waals surface area contributed by atoms with Crippen LogP contribution in [-0.2, 0) is 16.6 Å². The third kappa shape index (κ3) is 4.06. The zero-order valence-electron chi connectivity index (χ0n) is 16.2. The minimum Gasteiger partial charge on any atom is -0.261 e. The van der Waals surface area contributed by atoms with Gasteiger partial charge in [0.05, 0.1) is 17.1 Å². The van der Waals surface area contributed by atoms with E-state index in [1.54, 1.807) is 12.1 Å². The zero-order chi connectivity index (χ0) is 19.6. The van der Waals surface area contributed by atoms with Gasteiger partial charge >= 0.3 is 0 Å². The van der Waals surface area contributed by atoms with Crippen molar-refractivity contribution in [3.63, 3.8) is 0 Å². The molecule has 0 bridgehead atoms. The minimum atomic E-state index is -3.69. The van der Waals surface area contributed by atoms with Gasteiger partial charge in [-0.1, -0.05) is 65.7 Å². The summed E-state index contributed by atoms with van der Waals surface area (Å²) in [5, 5.41) is 0. The Labute approximate surface area is 162 Å². The van der Waals surface area contributed by atoms with Crippen LogP contribution in [0.2, 0.25) is 0 Å². The molecule has 0 saturated carbocycles. The van der Waals surface area contributed by atoms with Crippen molar-refractivity contribution in [2.45, 2.75) is 39.1 Å². The summed E-state index contributed by atoms with van der Waals surface area (Å²) in [5.41, 5.74) is 5.75. The third-order valence-corrected chi connectivity index (χ3v) is 6.47. The number of sulfonamides is 1. The van der Waals surface area contributed by atoms with Gasteiger partial charge in [0.25, 0.3) is 10.0 Å². The Morgan fingerprint density at radius 1 is 0.741 bits per heavy atom. The van der Waals surface area contributed by atoms with Crippen LogP contribution in [0.15, 0.2) is 71.6 Å². The molecule has 3 rings (SSSR count). The second-order valence-corrected chi connectivity index (χ2v) is 8.92. The van der Waals surface area contributed by atoms with Crippen molar-refractivity contribution in [3.8, 4) is 0 Å². The predicted molar refractivity (Wildman–Crippen MR) is 112 cm³/mol. The maximum atomic E-state index is 13.6. The smallest absolute Gasteiger partial charge is 0.261 e. The lowest BCUT2D eigenvalue weighted by molar-refractivity contribution is 0.590. The maximum Gasteiger partial charge on any atom is 0.264 e. The molecular weight excluding hydrogens is 354 g/mol. The van der Waals surface area contributed by atoms with Gasteiger partial charge in [0, 0.05) is 0 Å². The Morgan fingerprint density at radius 2 is 1.33 bits per heavy atom. The standard InChI is InChI=1S/C23H25NO2S/c1-17-11-13-22(14-12-17)27(25,26)24(16-21-10-5-7-18(2)15-21)23-19(3)8-6-9-20(23)4/h5-15H,16H2,1-4H3. The summed E-state index contributed by atoms with van der Waals surface area (Å²) >= 11 is 0. The molecule has 0 atom stereocenters. The van der Waals surface area contributed by atoms with Crippen molar-refractivity contribution in [2.24, 2.45) is 0 Å². The number of aryl methyl sites for hydroxylation is 4. The molecule has 0 N–H and O–H groups in total. The first kappa shape index (κ1) is 19.2. The Hall–Kier alpha value is -2.59. The summed E-state index contributed by atoms with van der Waals surface area (Å²) in [6, 6.07) is 20.9. The molecule has 0 radical (unpaired) electrons. The van der Waals surface area contributed by atoms with E-state index < -0.39 is 10.0 Å². The Morgan fingerprint density at radius 3 is 1.93 bits per heavy atom. The van der Waals surface area contributed by atoms with Gasteiger partial charge in [-0.25, -0.2) is 8.42 Å². The maximum absolute atomic E-state index is 13.6. The lowest BCUT2D eigenvalue weighted by atomic mass is 10.1. The van der Waals surface area contributed by atoms with E-state index in [2.05, 4.69) is 0 Å². The summed E-state index contributed by atoms with van der Waals surface area (Å²) in [4.78, 5) is 0.309. The van der Waals surface area contributed by atoms with E-state index in [-0.39, 0.29) is 0 Å². The molecule has 3 aromatic rings. The summed E-state index contributed by atoms with van der Waals surface area (Å²) in [6.07, 6.45) is 0. The average molecular weight is 380 g/mol. The molecule has 0 amide bonds. The van der Waals surface area contributed by atoms with Gasteiger partial charge in [0.15, 0.2) is 0 Å². The predicted octanol–water partition coefficient (Wildman–Crippen LogP) is 5.32. The normalized spacial score (nSPS) is 11.4. The first-order valence-electron chi connectivity index (χ1n) is 9.00. The summed E-state index contributed by atoms with van der Waals surface area (Å²) in [7, 11) is -3.69. The van der Waals surface area contributed by atoms with Gasteiger partial charge in [-0.3, -0.25) is 4.31 Å². The van der Waals surface area contributed by atoms with Crippen LogP contribution in [-0.4, -0.2) is 8.42 Å². The average Bonchev–Trinajstić information content (AvgIpc) is 2.61. The van der Waals surface area contributed by atoms with E-state index in [1.807, 2.05) is 82.3 Å². The van der Waals surface area contributed by atoms with Gasteiger partial charge in [0.2, 0.25) is 0 Å². The second kappa shape index (κ2) is 7.57. The van der Waals surface area contributed by atoms with Gasteiger partial charge in [-0.05, 0) is 56.5 Å². The highest BCUT2D eigenvalue weighted by Crippen LogP contribution is 2.32. The van der Waals surface area contributed by atoms with Crippen LogP contribution in [0, 0.1) is 27.7 Å². The Kier molecular flexibility index (Phi) is 5.38. The number of benzene rings is 3. The molecule has 0 aliphatic rings. The largest absolute Gasteiger partial charge is 0.264 e. The van der Waals surface area contributed by atoms with E-state index in [1.165, 1.54) is 4.31 Å². The zero-order valence-corrected chi connectivity index (χ0v) is 17.0. The summed E-state index contributed by atoms with van der Waals surface area (Å²) in [6.45, 7) is 8.17. The number of anilines is 1. The minimum absolute atomic E-state index is 0.295. The molecular formula is C23H25NO2S. The van der Waals surface area contributed by atoms with E-state index in [9.17, 15) is 8.42 Å². The molecule has 140 valence electrons. The van der Waals surface area contributed by atoms with Crippen molar-refractivity contribution < 1.29 is 8.42 Å². The molecule has 0 aliphatic heterocycles. The van der Waals surface area contributed by atoms with E-state index in [0.29, 0.717) is 11.4 Å². The van der Waals surface area contributed by atoms with Crippen LogP contribution in [0.25, 0.3) is 0 Å². The fraction of sp³-hybridized carbons (Fsp3) is 0.217. The number of hydrogen-bond donors (Lipinski definition) is 0. The molecule has 3 nitrogen and oxygen atoms in total. The summed E-state index contributed by atoms with van der Waals surface area (Å²) < 4.78 is 28.7. The number of rotatable bonds is 5. The molecule has 0 aromatic heterocycles. The number of para-hydroxylation sites is 1. The lowest BCUT2D eigenvalue weighted by Gasteiger charge is -2.28. The fourth-order valence-corrected chi connectivity index (χ4v) is 4.88.